The van der Waals surface area contributed by atoms with Crippen molar-refractivity contribution >= 4 is 61.7 Å². The molecule has 0 bridgehead atoms. The fourth-order valence-electron chi connectivity index (χ4n) is 5.87. The van der Waals surface area contributed by atoms with Crippen LogP contribution >= 0.6 is 0 Å². The average molecular weight is 687 g/mol. The number of halogens is 1. The second-order valence-corrected chi connectivity index (χ2v) is 13.8. The summed E-state index contributed by atoms with van der Waals surface area (Å²) in [6.45, 7) is 4.20. The topological polar surface area (TPSA) is 165 Å². The van der Waals surface area contributed by atoms with Gasteiger partial charge in [0.1, 0.15) is 17.4 Å². The highest BCUT2D eigenvalue weighted by molar-refractivity contribution is 7.90. The fraction of sp³-hybridized carbons (Fsp3) is 0.235. The average Bonchev–Trinajstić information content (AvgIpc) is 3.60. The van der Waals surface area contributed by atoms with Crippen LogP contribution in [-0.4, -0.2) is 73.4 Å². The van der Waals surface area contributed by atoms with E-state index in [1.807, 2.05) is 27.1 Å². The summed E-state index contributed by atoms with van der Waals surface area (Å²) >= 11 is 0. The number of primary amides is 1. The first kappa shape index (κ1) is 33.4. The van der Waals surface area contributed by atoms with Crippen molar-refractivity contribution in [2.24, 2.45) is 5.73 Å². The minimum atomic E-state index is -4.16. The Kier molecular flexibility index (Phi) is 8.73. The van der Waals surface area contributed by atoms with Gasteiger partial charge in [0.25, 0.3) is 15.9 Å². The number of aromatic nitrogens is 3. The molecule has 0 unspecified atom stereocenters. The summed E-state index contributed by atoms with van der Waals surface area (Å²) in [6.07, 6.45) is 0.640. The van der Waals surface area contributed by atoms with Crippen molar-refractivity contribution in [2.75, 3.05) is 49.8 Å². The number of fused-ring (bicyclic) bond motifs is 2. The molecule has 2 aromatic heterocycles. The van der Waals surface area contributed by atoms with E-state index in [0.29, 0.717) is 35.8 Å². The molecule has 0 atom stereocenters. The van der Waals surface area contributed by atoms with E-state index in [1.165, 1.54) is 31.4 Å². The van der Waals surface area contributed by atoms with Crippen LogP contribution in [0, 0.1) is 19.7 Å². The molecule has 1 aliphatic rings. The minimum absolute atomic E-state index is 0.0121. The van der Waals surface area contributed by atoms with Crippen LogP contribution in [0.5, 0.6) is 5.75 Å². The molecular formula is C34H35FN8O5S. The van der Waals surface area contributed by atoms with E-state index in [4.69, 9.17) is 10.5 Å². The van der Waals surface area contributed by atoms with E-state index in [-0.39, 0.29) is 45.8 Å². The number of aryl methyl sites for hydroxylation is 2. The molecule has 49 heavy (non-hydrogen) atoms. The number of rotatable bonds is 10. The maximum Gasteiger partial charge on any atom is 0.269 e. The van der Waals surface area contributed by atoms with Gasteiger partial charge in [-0.1, -0.05) is 23.8 Å². The molecule has 15 heteroatoms. The summed E-state index contributed by atoms with van der Waals surface area (Å²) in [7, 11) is 0.987. The molecule has 0 spiro atoms. The van der Waals surface area contributed by atoms with E-state index in [9.17, 15) is 22.4 Å². The number of nitrogens with two attached hydrogens (primary N) is 1. The molecule has 3 aromatic carbocycles. The zero-order valence-electron chi connectivity index (χ0n) is 27.5. The van der Waals surface area contributed by atoms with Crippen molar-refractivity contribution < 1.29 is 27.1 Å². The van der Waals surface area contributed by atoms with Crippen LogP contribution in [0.1, 0.15) is 27.2 Å². The third-order valence-electron chi connectivity index (χ3n) is 8.16. The van der Waals surface area contributed by atoms with E-state index >= 15 is 0 Å². The van der Waals surface area contributed by atoms with Crippen LogP contribution in [0.15, 0.2) is 65.6 Å². The zero-order chi connectivity index (χ0) is 35.2. The summed E-state index contributed by atoms with van der Waals surface area (Å²) in [4.78, 5) is 38.1. The Morgan fingerprint density at radius 3 is 2.43 bits per heavy atom. The number of amides is 2. The van der Waals surface area contributed by atoms with Crippen molar-refractivity contribution in [3.63, 3.8) is 0 Å². The number of hydrogen-bond donors (Lipinski definition) is 3. The maximum atomic E-state index is 14.8. The van der Waals surface area contributed by atoms with Gasteiger partial charge in [-0.15, -0.1) is 0 Å². The lowest BCUT2D eigenvalue weighted by molar-refractivity contribution is -0.119. The molecule has 0 aliphatic carbocycles. The maximum absolute atomic E-state index is 14.8. The SMILES string of the molecule is COc1cc2c(cc1Nc1nc(Nc3cccc(F)c3C(N)=O)c3cc(C)n(S(=O)(=O)c4ccc(C)cc4)c3n1)N(C(=O)CN(C)C)CC2. The van der Waals surface area contributed by atoms with Crippen LogP contribution in [0.4, 0.5) is 33.2 Å². The monoisotopic (exact) mass is 686 g/mol. The van der Waals surface area contributed by atoms with Crippen molar-refractivity contribution in [1.82, 2.24) is 18.8 Å². The van der Waals surface area contributed by atoms with Gasteiger partial charge in [-0.2, -0.15) is 9.97 Å². The number of nitrogens with zero attached hydrogens (tertiary/aromatic N) is 5. The first-order valence-electron chi connectivity index (χ1n) is 15.3. The predicted octanol–water partition coefficient (Wildman–Crippen LogP) is 4.47. The van der Waals surface area contributed by atoms with Crippen LogP contribution in [0.25, 0.3) is 11.0 Å². The van der Waals surface area contributed by atoms with E-state index in [2.05, 4.69) is 20.6 Å². The van der Waals surface area contributed by atoms with Crippen molar-refractivity contribution in [1.29, 1.82) is 0 Å². The third kappa shape index (κ3) is 6.25. The molecule has 13 nitrogen and oxygen atoms in total. The van der Waals surface area contributed by atoms with Crippen LogP contribution in [0.2, 0.25) is 0 Å². The third-order valence-corrected chi connectivity index (χ3v) is 9.97. The Morgan fingerprint density at radius 1 is 1.02 bits per heavy atom. The van der Waals surface area contributed by atoms with Crippen molar-refractivity contribution in [3.8, 4) is 5.75 Å². The van der Waals surface area contributed by atoms with Crippen LogP contribution in [-0.2, 0) is 21.2 Å². The Bertz CT molecular complexity index is 2240. The minimum Gasteiger partial charge on any atom is -0.495 e. The summed E-state index contributed by atoms with van der Waals surface area (Å²) in [6, 6.07) is 15.6. The van der Waals surface area contributed by atoms with Gasteiger partial charge in [0.2, 0.25) is 11.9 Å². The van der Waals surface area contributed by atoms with E-state index in [0.717, 1.165) is 21.2 Å². The highest BCUT2D eigenvalue weighted by Crippen LogP contribution is 2.39. The Balaban J connectivity index is 1.53. The summed E-state index contributed by atoms with van der Waals surface area (Å²) < 4.78 is 49.7. The van der Waals surface area contributed by atoms with Crippen LogP contribution in [0.3, 0.4) is 0 Å². The largest absolute Gasteiger partial charge is 0.495 e. The number of carbonyl (C=O) groups is 2. The molecule has 254 valence electrons. The summed E-state index contributed by atoms with van der Waals surface area (Å²) in [5.41, 5.74) is 8.40. The van der Waals surface area contributed by atoms with Gasteiger partial charge >= 0.3 is 0 Å². The van der Waals surface area contributed by atoms with Gasteiger partial charge in [-0.25, -0.2) is 16.8 Å². The summed E-state index contributed by atoms with van der Waals surface area (Å²) in [5, 5.41) is 6.41. The number of carbonyl (C=O) groups excluding carboxylic acids is 2. The highest BCUT2D eigenvalue weighted by atomic mass is 32.2. The Hall–Kier alpha value is -5.54. The highest BCUT2D eigenvalue weighted by Gasteiger charge is 2.29. The van der Waals surface area contributed by atoms with Crippen molar-refractivity contribution in [3.05, 3.63) is 88.9 Å². The summed E-state index contributed by atoms with van der Waals surface area (Å²) in [5.74, 6) is -1.44. The number of benzene rings is 3. The molecule has 0 fully saturated rings. The first-order valence-corrected chi connectivity index (χ1v) is 16.7. The molecular weight excluding hydrogens is 651 g/mol. The van der Waals surface area contributed by atoms with Gasteiger partial charge in [0, 0.05) is 17.9 Å². The number of nitrogens with one attached hydrogen (secondary N) is 2. The molecule has 0 radical (unpaired) electrons. The van der Waals surface area contributed by atoms with E-state index in [1.54, 1.807) is 41.0 Å². The number of ether oxygens (including phenoxy) is 1. The molecule has 2 amide bonds. The van der Waals surface area contributed by atoms with Gasteiger partial charge in [0.15, 0.2) is 5.65 Å². The smallest absolute Gasteiger partial charge is 0.269 e. The van der Waals surface area contributed by atoms with E-state index < -0.39 is 27.3 Å². The second kappa shape index (κ2) is 12.8. The number of likely N-dealkylation sites (N-methyl/N-ethyl adjacent to an activating group) is 1. The van der Waals surface area contributed by atoms with Gasteiger partial charge in [0.05, 0.1) is 40.9 Å². The van der Waals surface area contributed by atoms with Crippen molar-refractivity contribution in [2.45, 2.75) is 25.2 Å². The lowest BCUT2D eigenvalue weighted by Crippen LogP contribution is -2.36. The molecule has 4 N–H and O–H groups in total. The van der Waals surface area contributed by atoms with Crippen LogP contribution < -0.4 is 26.0 Å². The second-order valence-electron chi connectivity index (χ2n) is 12.0. The van der Waals surface area contributed by atoms with Gasteiger partial charge < -0.3 is 30.9 Å². The number of anilines is 5. The lowest BCUT2D eigenvalue weighted by atomic mass is 10.1. The predicted molar refractivity (Wildman–Crippen MR) is 185 cm³/mol. The Labute approximate surface area is 282 Å². The lowest BCUT2D eigenvalue weighted by Gasteiger charge is -2.21. The molecule has 1 aliphatic heterocycles. The normalized spacial score (nSPS) is 12.8. The Morgan fingerprint density at radius 2 is 1.76 bits per heavy atom. The standard InChI is InChI=1S/C34H35FN8O5S/c1-19-9-11-22(12-10-19)49(46,47)43-20(2)15-23-32(37-25-8-6-7-24(35)30(25)31(36)45)39-34(40-33(23)43)38-26-17-27-21(16-28(26)48-5)13-14-42(27)29(44)18-41(3)4/h6-12,15-17H,13-14,18H2,1-5H3,(H2,36,45)(H2,37,38,39,40). The first-order chi connectivity index (χ1) is 23.3. The van der Waals surface area contributed by atoms with Gasteiger partial charge in [-0.3, -0.25) is 9.59 Å². The molecule has 0 saturated heterocycles. The fourth-order valence-corrected chi connectivity index (χ4v) is 7.36. The molecule has 3 heterocycles. The van der Waals surface area contributed by atoms with Gasteiger partial charge in [-0.05, 0) is 82.4 Å². The number of methoxy groups -OCH3 is 1. The number of hydrogen-bond acceptors (Lipinski definition) is 10. The zero-order valence-corrected chi connectivity index (χ0v) is 28.4. The molecule has 6 rings (SSSR count). The molecule has 0 saturated carbocycles. The quantitative estimate of drug-likeness (QED) is 0.191. The molecule has 5 aromatic rings.